The quantitative estimate of drug-likeness (QED) is 0.685. The average Bonchev–Trinajstić information content (AvgIpc) is 3.23. The van der Waals surface area contributed by atoms with E-state index >= 15 is 0 Å². The molecule has 134 valence electrons. The van der Waals surface area contributed by atoms with Crippen molar-refractivity contribution in [3.8, 4) is 11.3 Å². The molecule has 1 aromatic carbocycles. The van der Waals surface area contributed by atoms with Crippen LogP contribution < -0.4 is 5.32 Å². The van der Waals surface area contributed by atoms with Gasteiger partial charge in [0.05, 0.1) is 24.4 Å². The third-order valence-corrected chi connectivity index (χ3v) is 4.92. The number of aromatic nitrogens is 1. The molecule has 7 heteroatoms. The van der Waals surface area contributed by atoms with Gasteiger partial charge >= 0.3 is 5.97 Å². The fourth-order valence-corrected chi connectivity index (χ4v) is 3.48. The Morgan fingerprint density at radius 3 is 2.69 bits per heavy atom. The number of rotatable bonds is 6. The fourth-order valence-electron chi connectivity index (χ4n) is 2.76. The number of benzene rings is 1. The van der Waals surface area contributed by atoms with E-state index in [2.05, 4.69) is 10.3 Å². The highest BCUT2D eigenvalue weighted by atomic mass is 32.1. The fraction of sp³-hybridized carbons (Fsp3) is 0.211. The van der Waals surface area contributed by atoms with Gasteiger partial charge < -0.3 is 14.8 Å². The average molecular weight is 370 g/mol. The van der Waals surface area contributed by atoms with E-state index in [1.54, 1.807) is 17.7 Å². The number of aliphatic carboxylic acids is 1. The molecule has 0 radical (unpaired) electrons. The van der Waals surface area contributed by atoms with Crippen molar-refractivity contribution in [1.29, 1.82) is 0 Å². The standard InChI is InChI=1S/C19H18N2O4S/c1-11-5-3-4-6-13(11)15(9-17(22)23)20-18(24)19-21-16(10-26-19)14-7-8-25-12(14)2/h3-8,10,15H,9H2,1-2H3,(H,20,24)(H,22,23)/t15-/m0/s1. The van der Waals surface area contributed by atoms with Crippen molar-refractivity contribution in [3.05, 3.63) is 63.9 Å². The first-order valence-corrected chi connectivity index (χ1v) is 8.92. The number of amides is 1. The number of carboxylic acid groups (broad SMARTS) is 1. The van der Waals surface area contributed by atoms with Gasteiger partial charge in [0.15, 0.2) is 5.01 Å². The van der Waals surface area contributed by atoms with Gasteiger partial charge in [0.2, 0.25) is 0 Å². The number of furan rings is 1. The second-order valence-electron chi connectivity index (χ2n) is 5.91. The van der Waals surface area contributed by atoms with E-state index in [0.29, 0.717) is 5.69 Å². The van der Waals surface area contributed by atoms with Crippen LogP contribution in [0.2, 0.25) is 0 Å². The van der Waals surface area contributed by atoms with Crippen LogP contribution in [-0.2, 0) is 4.79 Å². The Bertz CT molecular complexity index is 944. The minimum absolute atomic E-state index is 0.199. The number of aryl methyl sites for hydroxylation is 2. The molecule has 26 heavy (non-hydrogen) atoms. The lowest BCUT2D eigenvalue weighted by atomic mass is 9.99. The molecule has 0 unspecified atom stereocenters. The highest BCUT2D eigenvalue weighted by Crippen LogP contribution is 2.27. The molecule has 1 amide bonds. The second-order valence-corrected chi connectivity index (χ2v) is 6.77. The number of hydrogen-bond acceptors (Lipinski definition) is 5. The lowest BCUT2D eigenvalue weighted by Gasteiger charge is -2.18. The lowest BCUT2D eigenvalue weighted by molar-refractivity contribution is -0.137. The molecule has 0 fully saturated rings. The Morgan fingerprint density at radius 2 is 2.04 bits per heavy atom. The molecule has 0 aliphatic heterocycles. The molecule has 2 aromatic heterocycles. The van der Waals surface area contributed by atoms with E-state index in [1.165, 1.54) is 11.3 Å². The zero-order valence-electron chi connectivity index (χ0n) is 14.4. The molecule has 3 rings (SSSR count). The van der Waals surface area contributed by atoms with Gasteiger partial charge in [0.1, 0.15) is 5.76 Å². The Balaban J connectivity index is 1.82. The van der Waals surface area contributed by atoms with E-state index < -0.39 is 17.9 Å². The predicted molar refractivity (Wildman–Crippen MR) is 98.2 cm³/mol. The summed E-state index contributed by atoms with van der Waals surface area (Å²) in [6.07, 6.45) is 1.38. The molecular weight excluding hydrogens is 352 g/mol. The molecule has 2 N–H and O–H groups in total. The first-order chi connectivity index (χ1) is 12.5. The van der Waals surface area contributed by atoms with Crippen molar-refractivity contribution >= 4 is 23.2 Å². The van der Waals surface area contributed by atoms with E-state index in [9.17, 15) is 14.7 Å². The molecule has 0 bridgehead atoms. The summed E-state index contributed by atoms with van der Waals surface area (Å²) in [5, 5.41) is 14.1. The van der Waals surface area contributed by atoms with Crippen LogP contribution in [0.1, 0.15) is 39.2 Å². The summed E-state index contributed by atoms with van der Waals surface area (Å²) in [6.45, 7) is 3.72. The van der Waals surface area contributed by atoms with Crippen molar-refractivity contribution in [2.75, 3.05) is 0 Å². The minimum atomic E-state index is -0.979. The van der Waals surface area contributed by atoms with Gasteiger partial charge in [0.25, 0.3) is 5.91 Å². The summed E-state index contributed by atoms with van der Waals surface area (Å²) < 4.78 is 5.27. The molecule has 0 aliphatic rings. The predicted octanol–water partition coefficient (Wildman–Crippen LogP) is 3.97. The third kappa shape index (κ3) is 3.83. The van der Waals surface area contributed by atoms with E-state index in [4.69, 9.17) is 4.42 Å². The van der Waals surface area contributed by atoms with E-state index in [1.807, 2.05) is 38.1 Å². The Morgan fingerprint density at radius 1 is 1.27 bits per heavy atom. The molecule has 2 heterocycles. The summed E-state index contributed by atoms with van der Waals surface area (Å²) in [5.74, 6) is -0.643. The van der Waals surface area contributed by atoms with Crippen molar-refractivity contribution < 1.29 is 19.1 Å². The molecule has 1 atom stereocenters. The molecule has 0 saturated heterocycles. The molecule has 0 spiro atoms. The zero-order valence-corrected chi connectivity index (χ0v) is 15.2. The van der Waals surface area contributed by atoms with Crippen molar-refractivity contribution in [3.63, 3.8) is 0 Å². The van der Waals surface area contributed by atoms with Gasteiger partial charge in [-0.25, -0.2) is 4.98 Å². The molecular formula is C19H18N2O4S. The van der Waals surface area contributed by atoms with Crippen LogP contribution in [0, 0.1) is 13.8 Å². The number of nitrogens with zero attached hydrogens (tertiary/aromatic N) is 1. The highest BCUT2D eigenvalue weighted by molar-refractivity contribution is 7.12. The number of thiazole rings is 1. The van der Waals surface area contributed by atoms with Gasteiger partial charge in [-0.15, -0.1) is 11.3 Å². The Hall–Kier alpha value is -2.93. The number of carbonyl (C=O) groups excluding carboxylic acids is 1. The van der Waals surface area contributed by atoms with Crippen molar-refractivity contribution in [2.45, 2.75) is 26.3 Å². The molecule has 3 aromatic rings. The summed E-state index contributed by atoms with van der Waals surface area (Å²) in [4.78, 5) is 28.2. The van der Waals surface area contributed by atoms with Crippen LogP contribution >= 0.6 is 11.3 Å². The smallest absolute Gasteiger partial charge is 0.305 e. The van der Waals surface area contributed by atoms with Crippen LogP contribution in [0.3, 0.4) is 0 Å². The maximum Gasteiger partial charge on any atom is 0.305 e. The highest BCUT2D eigenvalue weighted by Gasteiger charge is 2.22. The first-order valence-electron chi connectivity index (χ1n) is 8.04. The number of nitrogens with one attached hydrogen (secondary N) is 1. The minimum Gasteiger partial charge on any atom is -0.481 e. The van der Waals surface area contributed by atoms with Crippen LogP contribution in [0.15, 0.2) is 46.4 Å². The summed E-state index contributed by atoms with van der Waals surface area (Å²) in [5.41, 5.74) is 3.21. The second kappa shape index (κ2) is 7.53. The van der Waals surface area contributed by atoms with Crippen molar-refractivity contribution in [1.82, 2.24) is 10.3 Å². The largest absolute Gasteiger partial charge is 0.481 e. The van der Waals surface area contributed by atoms with Gasteiger partial charge in [-0.05, 0) is 31.0 Å². The van der Waals surface area contributed by atoms with Crippen LogP contribution in [0.5, 0.6) is 0 Å². The summed E-state index contributed by atoms with van der Waals surface area (Å²) in [7, 11) is 0. The van der Waals surface area contributed by atoms with Gasteiger partial charge in [-0.1, -0.05) is 24.3 Å². The van der Waals surface area contributed by atoms with Gasteiger partial charge in [-0.2, -0.15) is 0 Å². The molecule has 0 aliphatic carbocycles. The number of carboxylic acids is 1. The monoisotopic (exact) mass is 370 g/mol. The van der Waals surface area contributed by atoms with E-state index in [0.717, 1.165) is 22.5 Å². The maximum absolute atomic E-state index is 12.6. The Kier molecular flexibility index (Phi) is 5.18. The van der Waals surface area contributed by atoms with Gasteiger partial charge in [0, 0.05) is 10.9 Å². The van der Waals surface area contributed by atoms with Gasteiger partial charge in [-0.3, -0.25) is 9.59 Å². The Labute approximate surface area is 154 Å². The normalized spacial score (nSPS) is 11.9. The van der Waals surface area contributed by atoms with Crippen molar-refractivity contribution in [2.24, 2.45) is 0 Å². The molecule has 6 nitrogen and oxygen atoms in total. The zero-order chi connectivity index (χ0) is 18.7. The number of hydrogen-bond donors (Lipinski definition) is 2. The molecule has 0 saturated carbocycles. The number of carbonyl (C=O) groups is 2. The lowest BCUT2D eigenvalue weighted by Crippen LogP contribution is -2.30. The summed E-state index contributed by atoms with van der Waals surface area (Å²) >= 11 is 1.21. The SMILES string of the molecule is Cc1ccccc1[C@H](CC(=O)O)NC(=O)c1nc(-c2ccoc2C)cs1. The first kappa shape index (κ1) is 17.9. The van der Waals surface area contributed by atoms with Crippen LogP contribution in [-0.4, -0.2) is 22.0 Å². The maximum atomic E-state index is 12.6. The third-order valence-electron chi connectivity index (χ3n) is 4.08. The van der Waals surface area contributed by atoms with Crippen LogP contribution in [0.4, 0.5) is 0 Å². The van der Waals surface area contributed by atoms with E-state index in [-0.39, 0.29) is 11.4 Å². The summed E-state index contributed by atoms with van der Waals surface area (Å²) in [6, 6.07) is 8.59. The topological polar surface area (TPSA) is 92.4 Å². The van der Waals surface area contributed by atoms with Crippen LogP contribution in [0.25, 0.3) is 11.3 Å².